The lowest BCUT2D eigenvalue weighted by atomic mass is 9.99. The Bertz CT molecular complexity index is 885. The quantitative estimate of drug-likeness (QED) is 0.336. The van der Waals surface area contributed by atoms with Crippen LogP contribution in [0, 0.1) is 0 Å². The number of ether oxygens (including phenoxy) is 4. The Morgan fingerprint density at radius 3 is 1.81 bits per heavy atom. The first kappa shape index (κ1) is 25.6. The van der Waals surface area contributed by atoms with Gasteiger partial charge >= 0.3 is 23.9 Å². The number of benzene rings is 1. The lowest BCUT2D eigenvalue weighted by molar-refractivity contribution is -0.162. The maximum absolute atomic E-state index is 12.8. The van der Waals surface area contributed by atoms with Crippen LogP contribution in [0.3, 0.4) is 0 Å². The van der Waals surface area contributed by atoms with Crippen molar-refractivity contribution >= 4 is 23.9 Å². The van der Waals surface area contributed by atoms with E-state index < -0.39 is 36.5 Å². The molecular formula is C22H26O9. The van der Waals surface area contributed by atoms with E-state index in [1.807, 2.05) is 0 Å². The summed E-state index contributed by atoms with van der Waals surface area (Å²) in [6.45, 7) is 12.1. The van der Waals surface area contributed by atoms with Crippen LogP contribution in [-0.4, -0.2) is 48.2 Å². The summed E-state index contributed by atoms with van der Waals surface area (Å²) in [5.74, 6) is -3.43. The molecule has 2 unspecified atom stereocenters. The van der Waals surface area contributed by atoms with Gasteiger partial charge in [0, 0.05) is 31.6 Å². The lowest BCUT2D eigenvalue weighted by Crippen LogP contribution is -2.26. The molecule has 0 radical (unpaired) electrons. The largest absolute Gasteiger partial charge is 0.422 e. The van der Waals surface area contributed by atoms with E-state index in [-0.39, 0.29) is 35.3 Å². The predicted octanol–water partition coefficient (Wildman–Crippen LogP) is 2.47. The smallest absolute Gasteiger partial charge is 0.342 e. The van der Waals surface area contributed by atoms with Crippen molar-refractivity contribution in [2.45, 2.75) is 46.7 Å². The maximum Gasteiger partial charge on any atom is 0.342 e. The molecule has 0 aliphatic heterocycles. The Balaban J connectivity index is 3.12. The molecule has 0 heterocycles. The third kappa shape index (κ3) is 7.71. The van der Waals surface area contributed by atoms with Gasteiger partial charge in [0.1, 0.15) is 0 Å². The molecular weight excluding hydrogens is 408 g/mol. The minimum absolute atomic E-state index is 0.0473. The van der Waals surface area contributed by atoms with Gasteiger partial charge in [0.2, 0.25) is 12.6 Å². The molecule has 2 atom stereocenters. The van der Waals surface area contributed by atoms with E-state index in [1.54, 1.807) is 0 Å². The van der Waals surface area contributed by atoms with Crippen LogP contribution in [0.5, 0.6) is 0 Å². The first-order valence-corrected chi connectivity index (χ1v) is 9.35. The third-order valence-corrected chi connectivity index (χ3v) is 3.74. The van der Waals surface area contributed by atoms with E-state index in [0.717, 1.165) is 0 Å². The van der Waals surface area contributed by atoms with Gasteiger partial charge in [-0.15, -0.1) is 0 Å². The van der Waals surface area contributed by atoms with Crippen molar-refractivity contribution in [2.75, 3.05) is 6.61 Å². The van der Waals surface area contributed by atoms with Gasteiger partial charge in [-0.25, -0.2) is 19.2 Å². The summed E-state index contributed by atoms with van der Waals surface area (Å²) in [6, 6.07) is 4.34. The zero-order valence-electron chi connectivity index (χ0n) is 17.9. The van der Waals surface area contributed by atoms with Crippen LogP contribution in [0.4, 0.5) is 0 Å². The summed E-state index contributed by atoms with van der Waals surface area (Å²) in [5, 5.41) is 9.30. The molecule has 1 rings (SSSR count). The second-order valence-corrected chi connectivity index (χ2v) is 6.63. The second-order valence-electron chi connectivity index (χ2n) is 6.63. The van der Waals surface area contributed by atoms with Crippen molar-refractivity contribution in [1.82, 2.24) is 0 Å². The highest BCUT2D eigenvalue weighted by Crippen LogP contribution is 2.20. The van der Waals surface area contributed by atoms with E-state index in [4.69, 9.17) is 18.9 Å². The molecule has 1 aromatic rings. The van der Waals surface area contributed by atoms with E-state index in [0.29, 0.717) is 5.56 Å². The first-order chi connectivity index (χ1) is 14.5. The Morgan fingerprint density at radius 1 is 0.871 bits per heavy atom. The minimum atomic E-state index is -1.27. The van der Waals surface area contributed by atoms with E-state index in [9.17, 15) is 24.3 Å². The minimum Gasteiger partial charge on any atom is -0.422 e. The number of rotatable bonds is 10. The van der Waals surface area contributed by atoms with Gasteiger partial charge < -0.3 is 24.1 Å². The molecule has 0 fully saturated rings. The second kappa shape index (κ2) is 11.7. The Labute approximate surface area is 180 Å². The summed E-state index contributed by atoms with van der Waals surface area (Å²) in [7, 11) is 0. The number of aliphatic hydroxyl groups is 1. The van der Waals surface area contributed by atoms with Gasteiger partial charge in [-0.2, -0.15) is 0 Å². The summed E-state index contributed by atoms with van der Waals surface area (Å²) < 4.78 is 20.0. The van der Waals surface area contributed by atoms with E-state index >= 15 is 0 Å². The molecule has 9 heteroatoms. The van der Waals surface area contributed by atoms with Crippen molar-refractivity contribution in [3.05, 3.63) is 59.2 Å². The fourth-order valence-electron chi connectivity index (χ4n) is 2.31. The van der Waals surface area contributed by atoms with Crippen LogP contribution < -0.4 is 0 Å². The topological polar surface area (TPSA) is 125 Å². The van der Waals surface area contributed by atoms with Crippen LogP contribution in [0.25, 0.3) is 0 Å². The predicted molar refractivity (Wildman–Crippen MR) is 109 cm³/mol. The molecule has 0 saturated heterocycles. The fourth-order valence-corrected chi connectivity index (χ4v) is 2.31. The van der Waals surface area contributed by atoms with Crippen molar-refractivity contribution in [2.24, 2.45) is 0 Å². The van der Waals surface area contributed by atoms with Gasteiger partial charge in [-0.3, -0.25) is 0 Å². The average Bonchev–Trinajstić information content (AvgIpc) is 2.67. The fraction of sp³-hybridized carbons (Fsp3) is 0.364. The van der Waals surface area contributed by atoms with Gasteiger partial charge in [-0.1, -0.05) is 25.3 Å². The van der Waals surface area contributed by atoms with Gasteiger partial charge in [-0.05, 0) is 31.9 Å². The maximum atomic E-state index is 12.8. The van der Waals surface area contributed by atoms with Gasteiger partial charge in [0.15, 0.2) is 0 Å². The first-order valence-electron chi connectivity index (χ1n) is 9.35. The molecule has 1 aromatic carbocycles. The van der Waals surface area contributed by atoms with Gasteiger partial charge in [0.25, 0.3) is 0 Å². The molecule has 0 aromatic heterocycles. The SMILES string of the molecule is C=C(C)C(=O)OC(C)OC(=O)c1cccc(CCO)c1C(=O)OC(C)OC(=O)C(=C)C. The molecule has 0 amide bonds. The Morgan fingerprint density at radius 2 is 1.35 bits per heavy atom. The normalized spacial score (nSPS) is 12.2. The number of hydrogen-bond acceptors (Lipinski definition) is 9. The van der Waals surface area contributed by atoms with E-state index in [1.165, 1.54) is 45.9 Å². The van der Waals surface area contributed by atoms with Crippen LogP contribution in [0.2, 0.25) is 0 Å². The molecule has 0 aliphatic carbocycles. The standard InChI is InChI=1S/C22H26O9/c1-12(2)19(24)28-14(5)30-21(26)17-9-7-8-16(10-11-23)18(17)22(27)31-15(6)29-20(25)13(3)4/h7-9,14-15,23H,1,3,10-11H2,2,4-6H3. The molecule has 0 aliphatic rings. The number of esters is 4. The van der Waals surface area contributed by atoms with E-state index in [2.05, 4.69) is 13.2 Å². The Kier molecular flexibility index (Phi) is 9.62. The number of carbonyl (C=O) groups is 4. The van der Waals surface area contributed by atoms with Crippen LogP contribution in [0.1, 0.15) is 54.0 Å². The van der Waals surface area contributed by atoms with Crippen LogP contribution >= 0.6 is 0 Å². The summed E-state index contributed by atoms with van der Waals surface area (Å²) in [6.07, 6.45) is -2.47. The summed E-state index contributed by atoms with van der Waals surface area (Å²) in [5.41, 5.74) is 0.208. The van der Waals surface area contributed by atoms with Crippen molar-refractivity contribution in [3.8, 4) is 0 Å². The summed E-state index contributed by atoms with van der Waals surface area (Å²) >= 11 is 0. The highest BCUT2D eigenvalue weighted by Gasteiger charge is 2.27. The van der Waals surface area contributed by atoms with Crippen molar-refractivity contribution < 1.29 is 43.2 Å². The Hall–Kier alpha value is -3.46. The zero-order chi connectivity index (χ0) is 23.7. The molecule has 0 spiro atoms. The summed E-state index contributed by atoms with van der Waals surface area (Å²) in [4.78, 5) is 48.6. The van der Waals surface area contributed by atoms with Crippen molar-refractivity contribution in [1.29, 1.82) is 0 Å². The van der Waals surface area contributed by atoms with Crippen molar-refractivity contribution in [3.63, 3.8) is 0 Å². The molecule has 1 N–H and O–H groups in total. The monoisotopic (exact) mass is 434 g/mol. The van der Waals surface area contributed by atoms with Crippen LogP contribution in [-0.2, 0) is 35.0 Å². The van der Waals surface area contributed by atoms with Gasteiger partial charge in [0.05, 0.1) is 11.1 Å². The molecule has 168 valence electrons. The molecule has 9 nitrogen and oxygen atoms in total. The zero-order valence-corrected chi connectivity index (χ0v) is 17.9. The number of carbonyl (C=O) groups excluding carboxylic acids is 4. The lowest BCUT2D eigenvalue weighted by Gasteiger charge is -2.18. The highest BCUT2D eigenvalue weighted by atomic mass is 16.7. The third-order valence-electron chi connectivity index (χ3n) is 3.74. The molecule has 0 saturated carbocycles. The highest BCUT2D eigenvalue weighted by molar-refractivity contribution is 6.04. The van der Waals surface area contributed by atoms with Crippen LogP contribution in [0.15, 0.2) is 42.5 Å². The number of hydrogen-bond donors (Lipinski definition) is 1. The molecule has 31 heavy (non-hydrogen) atoms. The average molecular weight is 434 g/mol. The molecule has 0 bridgehead atoms. The number of aliphatic hydroxyl groups excluding tert-OH is 1.